The van der Waals surface area contributed by atoms with Crippen LogP contribution in [-0.2, 0) is 15.8 Å². The fourth-order valence-electron chi connectivity index (χ4n) is 4.18. The maximum atomic E-state index is 13.1. The molecular weight excluding hydrogens is 419 g/mol. The molecule has 2 aromatic rings. The minimum Gasteiger partial charge on any atom is -0.396 e. The van der Waals surface area contributed by atoms with Crippen molar-refractivity contribution in [2.45, 2.75) is 12.7 Å². The van der Waals surface area contributed by atoms with Gasteiger partial charge in [-0.05, 0) is 24.6 Å². The molecule has 0 saturated carbocycles. The third kappa shape index (κ3) is 3.67. The number of likely N-dealkylation sites (tertiary alicyclic amines) is 1. The normalized spacial score (nSPS) is 24.8. The van der Waals surface area contributed by atoms with Gasteiger partial charge in [-0.2, -0.15) is 8.75 Å². The summed E-state index contributed by atoms with van der Waals surface area (Å²) in [6.45, 7) is 2.53. The van der Waals surface area contributed by atoms with Gasteiger partial charge in [0, 0.05) is 37.5 Å². The number of hydrogen-bond acceptors (Lipinski definition) is 7. The Bertz CT molecular complexity index is 1030. The zero-order valence-electron chi connectivity index (χ0n) is 15.8. The summed E-state index contributed by atoms with van der Waals surface area (Å²) in [5.41, 5.74) is 0.690. The van der Waals surface area contributed by atoms with Gasteiger partial charge in [0.25, 0.3) is 5.91 Å². The Hall–Kier alpha value is -1.95. The van der Waals surface area contributed by atoms with E-state index in [9.17, 15) is 22.7 Å². The first-order chi connectivity index (χ1) is 13.7. The number of sulfonamides is 1. The Morgan fingerprint density at radius 1 is 1.28 bits per heavy atom. The van der Waals surface area contributed by atoms with E-state index in [2.05, 4.69) is 8.75 Å². The van der Waals surface area contributed by atoms with Gasteiger partial charge in [0.05, 0.1) is 29.8 Å². The molecule has 1 N–H and O–H groups in total. The zero-order chi connectivity index (χ0) is 20.8. The van der Waals surface area contributed by atoms with E-state index in [0.29, 0.717) is 23.5 Å². The highest BCUT2D eigenvalue weighted by Crippen LogP contribution is 2.43. The van der Waals surface area contributed by atoms with Crippen LogP contribution in [0.2, 0.25) is 0 Å². The van der Waals surface area contributed by atoms with Crippen LogP contribution in [0.5, 0.6) is 0 Å². The fourth-order valence-corrected chi connectivity index (χ4v) is 6.38. The largest absolute Gasteiger partial charge is 0.396 e. The second-order valence-corrected chi connectivity index (χ2v) is 10.3. The Labute approximate surface area is 172 Å². The molecule has 4 rings (SSSR count). The van der Waals surface area contributed by atoms with E-state index in [1.54, 1.807) is 11.8 Å². The molecule has 0 radical (unpaired) electrons. The average Bonchev–Trinajstić information content (AvgIpc) is 3.35. The molecule has 1 amide bonds. The Morgan fingerprint density at radius 3 is 2.59 bits per heavy atom. The van der Waals surface area contributed by atoms with Gasteiger partial charge in [0.1, 0.15) is 5.82 Å². The SMILES string of the molecule is Cc1nsnc1C(=O)N1CC2CN(S(=O)(=O)Cc3ccc(F)cc3)CC2(CO)C1. The van der Waals surface area contributed by atoms with E-state index >= 15 is 0 Å². The second-order valence-electron chi connectivity index (χ2n) is 7.78. The topological polar surface area (TPSA) is 104 Å². The van der Waals surface area contributed by atoms with Crippen LogP contribution in [0.25, 0.3) is 0 Å². The van der Waals surface area contributed by atoms with Gasteiger partial charge in [0.15, 0.2) is 5.69 Å². The minimum absolute atomic E-state index is 0.149. The van der Waals surface area contributed by atoms with Crippen LogP contribution in [0.4, 0.5) is 4.39 Å². The predicted molar refractivity (Wildman–Crippen MR) is 104 cm³/mol. The summed E-state index contributed by atoms with van der Waals surface area (Å²) in [6.07, 6.45) is 0. The summed E-state index contributed by atoms with van der Waals surface area (Å²) in [6, 6.07) is 5.38. The van der Waals surface area contributed by atoms with E-state index in [1.807, 2.05) is 0 Å². The number of fused-ring (bicyclic) bond motifs is 1. The van der Waals surface area contributed by atoms with E-state index in [1.165, 1.54) is 28.6 Å². The van der Waals surface area contributed by atoms with Gasteiger partial charge in [-0.25, -0.2) is 17.1 Å². The molecular formula is C18H21FN4O4S2. The third-order valence-electron chi connectivity index (χ3n) is 5.84. The van der Waals surface area contributed by atoms with Gasteiger partial charge in [0.2, 0.25) is 10.0 Å². The number of aliphatic hydroxyl groups excluding tert-OH is 1. The smallest absolute Gasteiger partial charge is 0.275 e. The number of rotatable bonds is 5. The molecule has 2 atom stereocenters. The van der Waals surface area contributed by atoms with E-state index in [-0.39, 0.29) is 43.8 Å². The highest BCUT2D eigenvalue weighted by molar-refractivity contribution is 7.88. The maximum absolute atomic E-state index is 13.1. The van der Waals surface area contributed by atoms with Crippen LogP contribution < -0.4 is 0 Å². The number of carbonyl (C=O) groups excluding carboxylic acids is 1. The molecule has 29 heavy (non-hydrogen) atoms. The summed E-state index contributed by atoms with van der Waals surface area (Å²) >= 11 is 0.977. The van der Waals surface area contributed by atoms with Gasteiger partial charge in [-0.15, -0.1) is 0 Å². The van der Waals surface area contributed by atoms with Crippen LogP contribution in [0, 0.1) is 24.1 Å². The molecule has 1 aromatic heterocycles. The number of halogens is 1. The standard InChI is InChI=1S/C18H21FN4O4S2/c1-12-16(21-28-20-12)17(25)22-6-14-7-23(10-18(14,9-22)11-24)29(26,27)8-13-2-4-15(19)5-3-13/h2-5,14,24H,6-11H2,1H3. The third-order valence-corrected chi connectivity index (χ3v) is 8.22. The van der Waals surface area contributed by atoms with Crippen LogP contribution in [0.3, 0.4) is 0 Å². The maximum Gasteiger partial charge on any atom is 0.275 e. The van der Waals surface area contributed by atoms with Crippen molar-refractivity contribution < 1.29 is 22.7 Å². The molecule has 2 aliphatic heterocycles. The summed E-state index contributed by atoms with van der Waals surface area (Å²) in [4.78, 5) is 14.4. The zero-order valence-corrected chi connectivity index (χ0v) is 17.4. The lowest BCUT2D eigenvalue weighted by atomic mass is 9.82. The molecule has 2 aliphatic rings. The molecule has 0 aliphatic carbocycles. The number of benzene rings is 1. The molecule has 2 saturated heterocycles. The summed E-state index contributed by atoms with van der Waals surface area (Å²) < 4.78 is 48.3. The summed E-state index contributed by atoms with van der Waals surface area (Å²) in [5, 5.41) is 10.1. The summed E-state index contributed by atoms with van der Waals surface area (Å²) in [5.74, 6) is -1.05. The Morgan fingerprint density at radius 2 is 2.00 bits per heavy atom. The first-order valence-corrected chi connectivity index (χ1v) is 11.5. The number of aliphatic hydroxyl groups is 1. The van der Waals surface area contributed by atoms with Crippen molar-refractivity contribution in [3.63, 3.8) is 0 Å². The van der Waals surface area contributed by atoms with Crippen LogP contribution in [-0.4, -0.2) is 70.2 Å². The molecule has 3 heterocycles. The van der Waals surface area contributed by atoms with E-state index in [4.69, 9.17) is 0 Å². The lowest BCUT2D eigenvalue weighted by Crippen LogP contribution is -2.40. The molecule has 2 fully saturated rings. The van der Waals surface area contributed by atoms with Crippen LogP contribution in [0.1, 0.15) is 21.7 Å². The number of amides is 1. The molecule has 8 nitrogen and oxygen atoms in total. The van der Waals surface area contributed by atoms with Gasteiger partial charge in [-0.3, -0.25) is 4.79 Å². The van der Waals surface area contributed by atoms with Crippen molar-refractivity contribution in [3.8, 4) is 0 Å². The summed E-state index contributed by atoms with van der Waals surface area (Å²) in [7, 11) is -3.63. The Kier molecular flexibility index (Phi) is 5.18. The van der Waals surface area contributed by atoms with Crippen LogP contribution in [0.15, 0.2) is 24.3 Å². The van der Waals surface area contributed by atoms with Crippen molar-refractivity contribution in [1.82, 2.24) is 18.0 Å². The Balaban J connectivity index is 1.49. The highest BCUT2D eigenvalue weighted by atomic mass is 32.2. The molecule has 0 spiro atoms. The number of aryl methyl sites for hydroxylation is 1. The van der Waals surface area contributed by atoms with Gasteiger partial charge in [-0.1, -0.05) is 12.1 Å². The molecule has 0 bridgehead atoms. The van der Waals surface area contributed by atoms with Gasteiger partial charge < -0.3 is 10.0 Å². The monoisotopic (exact) mass is 440 g/mol. The van der Waals surface area contributed by atoms with Crippen LogP contribution >= 0.6 is 11.7 Å². The highest BCUT2D eigenvalue weighted by Gasteiger charge is 2.55. The van der Waals surface area contributed by atoms with E-state index < -0.39 is 21.3 Å². The first-order valence-electron chi connectivity index (χ1n) is 9.16. The molecule has 11 heteroatoms. The van der Waals surface area contributed by atoms with Gasteiger partial charge >= 0.3 is 0 Å². The lowest BCUT2D eigenvalue weighted by Gasteiger charge is -2.27. The lowest BCUT2D eigenvalue weighted by molar-refractivity contribution is 0.0731. The fraction of sp³-hybridized carbons (Fsp3) is 0.500. The molecule has 156 valence electrons. The molecule has 2 unspecified atom stereocenters. The minimum atomic E-state index is -3.63. The number of carbonyl (C=O) groups is 1. The average molecular weight is 441 g/mol. The van der Waals surface area contributed by atoms with Crippen molar-refractivity contribution >= 4 is 27.7 Å². The van der Waals surface area contributed by atoms with Crippen molar-refractivity contribution in [1.29, 1.82) is 0 Å². The quantitative estimate of drug-likeness (QED) is 0.740. The van der Waals surface area contributed by atoms with Crippen molar-refractivity contribution in [2.75, 3.05) is 32.8 Å². The second kappa shape index (κ2) is 7.38. The molecule has 1 aromatic carbocycles. The predicted octanol–water partition coefficient (Wildman–Crippen LogP) is 0.882. The number of aromatic nitrogens is 2. The number of hydrogen-bond donors (Lipinski definition) is 1. The van der Waals surface area contributed by atoms with E-state index in [0.717, 1.165) is 11.7 Å². The first kappa shape index (κ1) is 20.3. The van der Waals surface area contributed by atoms with Crippen molar-refractivity contribution in [3.05, 3.63) is 47.0 Å². The van der Waals surface area contributed by atoms with Crippen molar-refractivity contribution in [2.24, 2.45) is 11.3 Å². The number of nitrogens with zero attached hydrogens (tertiary/aromatic N) is 4.